The molecule has 3 heteroatoms. The van der Waals surface area contributed by atoms with Gasteiger partial charge in [-0.25, -0.2) is 0 Å². The minimum Gasteiger partial charge on any atom is -0.171 e. The van der Waals surface area contributed by atoms with E-state index in [1.807, 2.05) is 13.8 Å². The first-order valence-corrected chi connectivity index (χ1v) is 5.01. The SMILES string of the molecule is CCC1CCC(C)CC1C(F)(F)F. The molecular formula is C10H17F3. The summed E-state index contributed by atoms with van der Waals surface area (Å²) < 4.78 is 37.7. The van der Waals surface area contributed by atoms with Crippen molar-refractivity contribution in [2.24, 2.45) is 17.8 Å². The molecule has 0 radical (unpaired) electrons. The standard InChI is InChI=1S/C10H17F3/c1-3-8-5-4-7(2)6-9(8)10(11,12)13/h7-9H,3-6H2,1-2H3. The fourth-order valence-corrected chi connectivity index (χ4v) is 2.33. The van der Waals surface area contributed by atoms with E-state index in [-0.39, 0.29) is 11.8 Å². The third-order valence-corrected chi connectivity index (χ3v) is 3.20. The van der Waals surface area contributed by atoms with Gasteiger partial charge >= 0.3 is 6.18 Å². The summed E-state index contributed by atoms with van der Waals surface area (Å²) in [6, 6.07) is 0. The number of hydrogen-bond acceptors (Lipinski definition) is 0. The Morgan fingerprint density at radius 1 is 1.23 bits per heavy atom. The van der Waals surface area contributed by atoms with E-state index in [4.69, 9.17) is 0 Å². The molecule has 0 bridgehead atoms. The van der Waals surface area contributed by atoms with Gasteiger partial charge in [0, 0.05) is 0 Å². The van der Waals surface area contributed by atoms with Gasteiger partial charge in [0.2, 0.25) is 0 Å². The van der Waals surface area contributed by atoms with Crippen molar-refractivity contribution in [3.63, 3.8) is 0 Å². The van der Waals surface area contributed by atoms with Crippen molar-refractivity contribution in [1.82, 2.24) is 0 Å². The summed E-state index contributed by atoms with van der Waals surface area (Å²) in [4.78, 5) is 0. The van der Waals surface area contributed by atoms with Crippen molar-refractivity contribution in [2.75, 3.05) is 0 Å². The van der Waals surface area contributed by atoms with Crippen LogP contribution in [0.2, 0.25) is 0 Å². The zero-order valence-corrected chi connectivity index (χ0v) is 8.19. The zero-order valence-electron chi connectivity index (χ0n) is 8.19. The van der Waals surface area contributed by atoms with E-state index in [1.165, 1.54) is 0 Å². The van der Waals surface area contributed by atoms with Crippen LogP contribution in [-0.4, -0.2) is 6.18 Å². The largest absolute Gasteiger partial charge is 0.392 e. The van der Waals surface area contributed by atoms with Crippen LogP contribution in [0.1, 0.15) is 39.5 Å². The van der Waals surface area contributed by atoms with Crippen LogP contribution < -0.4 is 0 Å². The molecule has 0 aliphatic heterocycles. The summed E-state index contributed by atoms with van der Waals surface area (Å²) in [5, 5.41) is 0. The van der Waals surface area contributed by atoms with E-state index in [9.17, 15) is 13.2 Å². The predicted octanol–water partition coefficient (Wildman–Crippen LogP) is 4.01. The molecular weight excluding hydrogens is 177 g/mol. The highest BCUT2D eigenvalue weighted by Gasteiger charge is 2.45. The van der Waals surface area contributed by atoms with Gasteiger partial charge in [-0.15, -0.1) is 0 Å². The van der Waals surface area contributed by atoms with Gasteiger partial charge < -0.3 is 0 Å². The van der Waals surface area contributed by atoms with Gasteiger partial charge in [-0.05, 0) is 24.7 Å². The summed E-state index contributed by atoms with van der Waals surface area (Å²) in [6.07, 6.45) is -1.26. The molecule has 1 aliphatic carbocycles. The maximum Gasteiger partial charge on any atom is 0.392 e. The van der Waals surface area contributed by atoms with Gasteiger partial charge in [-0.1, -0.05) is 26.7 Å². The van der Waals surface area contributed by atoms with E-state index in [1.54, 1.807) is 0 Å². The van der Waals surface area contributed by atoms with Crippen LogP contribution in [0.4, 0.5) is 13.2 Å². The molecule has 0 nitrogen and oxygen atoms in total. The second-order valence-electron chi connectivity index (χ2n) is 4.23. The molecule has 1 aliphatic rings. The number of hydrogen-bond donors (Lipinski definition) is 0. The lowest BCUT2D eigenvalue weighted by atomic mass is 9.73. The Bertz CT molecular complexity index is 162. The Hall–Kier alpha value is -0.210. The van der Waals surface area contributed by atoms with E-state index < -0.39 is 12.1 Å². The molecule has 0 amide bonds. The Morgan fingerprint density at radius 3 is 2.31 bits per heavy atom. The molecule has 1 saturated carbocycles. The minimum atomic E-state index is -3.98. The second-order valence-corrected chi connectivity index (χ2v) is 4.23. The lowest BCUT2D eigenvalue weighted by molar-refractivity contribution is -0.200. The highest BCUT2D eigenvalue weighted by atomic mass is 19.4. The normalized spacial score (nSPS) is 36.2. The Labute approximate surface area is 77.5 Å². The summed E-state index contributed by atoms with van der Waals surface area (Å²) in [7, 11) is 0. The van der Waals surface area contributed by atoms with Gasteiger partial charge in [-0.3, -0.25) is 0 Å². The molecule has 3 atom stereocenters. The maximum absolute atomic E-state index is 12.6. The van der Waals surface area contributed by atoms with Crippen molar-refractivity contribution in [1.29, 1.82) is 0 Å². The number of rotatable bonds is 1. The summed E-state index contributed by atoms with van der Waals surface area (Å²) in [5.74, 6) is -0.924. The smallest absolute Gasteiger partial charge is 0.171 e. The predicted molar refractivity (Wildman–Crippen MR) is 46.3 cm³/mol. The first-order valence-electron chi connectivity index (χ1n) is 5.01. The fraction of sp³-hybridized carbons (Fsp3) is 1.00. The lowest BCUT2D eigenvalue weighted by Gasteiger charge is -2.35. The summed E-state index contributed by atoms with van der Waals surface area (Å²) >= 11 is 0. The van der Waals surface area contributed by atoms with Gasteiger partial charge in [0.15, 0.2) is 0 Å². The number of alkyl halides is 3. The molecule has 0 aromatic rings. The summed E-state index contributed by atoms with van der Waals surface area (Å²) in [5.41, 5.74) is 0. The molecule has 0 aromatic carbocycles. The maximum atomic E-state index is 12.6. The monoisotopic (exact) mass is 194 g/mol. The molecule has 78 valence electrons. The molecule has 0 spiro atoms. The molecule has 1 rings (SSSR count). The fourth-order valence-electron chi connectivity index (χ4n) is 2.33. The van der Waals surface area contributed by atoms with Crippen molar-refractivity contribution in [2.45, 2.75) is 45.7 Å². The van der Waals surface area contributed by atoms with Gasteiger partial charge in [0.25, 0.3) is 0 Å². The summed E-state index contributed by atoms with van der Waals surface area (Å²) in [6.45, 7) is 3.78. The molecule has 1 fully saturated rings. The highest BCUT2D eigenvalue weighted by molar-refractivity contribution is 4.82. The topological polar surface area (TPSA) is 0 Å². The van der Waals surface area contributed by atoms with Crippen LogP contribution in [0.15, 0.2) is 0 Å². The average Bonchev–Trinajstić information content (AvgIpc) is 2.03. The van der Waals surface area contributed by atoms with E-state index >= 15 is 0 Å². The lowest BCUT2D eigenvalue weighted by Crippen LogP contribution is -2.35. The van der Waals surface area contributed by atoms with Crippen LogP contribution in [-0.2, 0) is 0 Å². The van der Waals surface area contributed by atoms with Crippen LogP contribution in [0.3, 0.4) is 0 Å². The number of halogens is 3. The molecule has 0 aromatic heterocycles. The highest BCUT2D eigenvalue weighted by Crippen LogP contribution is 2.44. The van der Waals surface area contributed by atoms with Crippen molar-refractivity contribution < 1.29 is 13.2 Å². The van der Waals surface area contributed by atoms with Crippen molar-refractivity contribution >= 4 is 0 Å². The van der Waals surface area contributed by atoms with E-state index in [0.717, 1.165) is 12.8 Å². The minimum absolute atomic E-state index is 0.129. The Balaban J connectivity index is 2.65. The quantitative estimate of drug-likeness (QED) is 0.591. The van der Waals surface area contributed by atoms with E-state index in [0.29, 0.717) is 12.8 Å². The average molecular weight is 194 g/mol. The van der Waals surface area contributed by atoms with Crippen molar-refractivity contribution in [3.8, 4) is 0 Å². The third-order valence-electron chi connectivity index (χ3n) is 3.20. The van der Waals surface area contributed by atoms with Gasteiger partial charge in [0.05, 0.1) is 5.92 Å². The van der Waals surface area contributed by atoms with Gasteiger partial charge in [-0.2, -0.15) is 13.2 Å². The molecule has 0 N–H and O–H groups in total. The second kappa shape index (κ2) is 3.89. The molecule has 13 heavy (non-hydrogen) atoms. The van der Waals surface area contributed by atoms with Crippen LogP contribution >= 0.6 is 0 Å². The van der Waals surface area contributed by atoms with Crippen LogP contribution in [0.25, 0.3) is 0 Å². The van der Waals surface area contributed by atoms with Crippen LogP contribution in [0, 0.1) is 17.8 Å². The first-order chi connectivity index (χ1) is 5.95. The Kier molecular flexibility index (Phi) is 3.25. The van der Waals surface area contributed by atoms with Crippen molar-refractivity contribution in [3.05, 3.63) is 0 Å². The van der Waals surface area contributed by atoms with E-state index in [2.05, 4.69) is 0 Å². The van der Waals surface area contributed by atoms with Crippen LogP contribution in [0.5, 0.6) is 0 Å². The first kappa shape index (κ1) is 10.9. The zero-order chi connectivity index (χ0) is 10.1. The van der Waals surface area contributed by atoms with Gasteiger partial charge in [0.1, 0.15) is 0 Å². The Morgan fingerprint density at radius 2 is 1.85 bits per heavy atom. The third kappa shape index (κ3) is 2.61. The molecule has 0 saturated heterocycles. The molecule has 3 unspecified atom stereocenters. The molecule has 0 heterocycles.